The van der Waals surface area contributed by atoms with Crippen molar-refractivity contribution in [3.05, 3.63) is 36.3 Å². The molecule has 6 nitrogen and oxygen atoms in total. The van der Waals surface area contributed by atoms with Crippen molar-refractivity contribution in [1.82, 2.24) is 4.90 Å². The molecule has 3 atom stereocenters. The number of rotatable bonds is 6. The standard InChI is InChI=1S/C16H19NO5/c18-11(9-21-10-12-4-3-7-22-12)8-17-15(19)13-5-1-2-6-14(13)16(17)20/h1-4,7,11,13-14,18H,5-6,8-10H2. The Hall–Kier alpha value is -1.92. The topological polar surface area (TPSA) is 80.0 Å². The predicted molar refractivity (Wildman–Crippen MR) is 76.4 cm³/mol. The summed E-state index contributed by atoms with van der Waals surface area (Å²) in [5.74, 6) is -0.200. The molecule has 0 radical (unpaired) electrons. The predicted octanol–water partition coefficient (Wildman–Crippen LogP) is 1.11. The van der Waals surface area contributed by atoms with Gasteiger partial charge >= 0.3 is 0 Å². The van der Waals surface area contributed by atoms with E-state index in [-0.39, 0.29) is 43.4 Å². The second-order valence-electron chi connectivity index (χ2n) is 5.69. The number of allylic oxidation sites excluding steroid dienone is 2. The number of aliphatic hydroxyl groups is 1. The van der Waals surface area contributed by atoms with Gasteiger partial charge < -0.3 is 14.3 Å². The van der Waals surface area contributed by atoms with Gasteiger partial charge in [0.05, 0.1) is 37.4 Å². The van der Waals surface area contributed by atoms with Crippen molar-refractivity contribution in [3.63, 3.8) is 0 Å². The van der Waals surface area contributed by atoms with E-state index >= 15 is 0 Å². The molecular formula is C16H19NO5. The van der Waals surface area contributed by atoms with Crippen molar-refractivity contribution in [1.29, 1.82) is 0 Å². The first-order valence-corrected chi connectivity index (χ1v) is 7.45. The molecule has 1 aliphatic carbocycles. The zero-order valence-electron chi connectivity index (χ0n) is 12.2. The van der Waals surface area contributed by atoms with Gasteiger partial charge in [-0.15, -0.1) is 0 Å². The molecule has 0 aromatic carbocycles. The van der Waals surface area contributed by atoms with Crippen LogP contribution in [0, 0.1) is 11.8 Å². The molecule has 22 heavy (non-hydrogen) atoms. The number of nitrogens with zero attached hydrogens (tertiary/aromatic N) is 1. The number of fused-ring (bicyclic) bond motifs is 1. The van der Waals surface area contributed by atoms with Gasteiger partial charge in [0.1, 0.15) is 12.4 Å². The van der Waals surface area contributed by atoms with Crippen molar-refractivity contribution < 1.29 is 23.8 Å². The van der Waals surface area contributed by atoms with Crippen LogP contribution < -0.4 is 0 Å². The highest BCUT2D eigenvalue weighted by molar-refractivity contribution is 6.05. The molecule has 2 heterocycles. The SMILES string of the molecule is O=C1C2CC=CCC2C(=O)N1CC(O)COCc1ccco1. The van der Waals surface area contributed by atoms with Gasteiger partial charge in [-0.3, -0.25) is 14.5 Å². The lowest BCUT2D eigenvalue weighted by Crippen LogP contribution is -2.39. The minimum absolute atomic E-state index is 0.0111. The fourth-order valence-electron chi connectivity index (χ4n) is 3.00. The molecule has 1 fully saturated rings. The van der Waals surface area contributed by atoms with E-state index in [0.29, 0.717) is 18.6 Å². The number of carbonyl (C=O) groups excluding carboxylic acids is 2. The molecule has 0 spiro atoms. The van der Waals surface area contributed by atoms with Crippen LogP contribution in [0.4, 0.5) is 0 Å². The molecule has 0 saturated carbocycles. The van der Waals surface area contributed by atoms with Gasteiger partial charge in [-0.25, -0.2) is 0 Å². The van der Waals surface area contributed by atoms with Crippen LogP contribution >= 0.6 is 0 Å². The average Bonchev–Trinajstić information content (AvgIpc) is 3.11. The van der Waals surface area contributed by atoms with Crippen LogP contribution in [0.15, 0.2) is 35.0 Å². The number of furan rings is 1. The van der Waals surface area contributed by atoms with Crippen LogP contribution in [0.2, 0.25) is 0 Å². The average molecular weight is 305 g/mol. The number of β-amino-alcohol motifs (C(OH)–C–C–N with tert-alkyl or cyclic N) is 1. The Morgan fingerprint density at radius 1 is 1.27 bits per heavy atom. The Morgan fingerprint density at radius 2 is 1.95 bits per heavy atom. The van der Waals surface area contributed by atoms with Crippen molar-refractivity contribution in [3.8, 4) is 0 Å². The molecule has 1 aliphatic heterocycles. The molecule has 1 aromatic heterocycles. The van der Waals surface area contributed by atoms with E-state index in [9.17, 15) is 14.7 Å². The Balaban J connectivity index is 1.50. The molecule has 0 bridgehead atoms. The van der Waals surface area contributed by atoms with Crippen molar-refractivity contribution in [2.24, 2.45) is 11.8 Å². The van der Waals surface area contributed by atoms with Gasteiger partial charge in [0.25, 0.3) is 0 Å². The van der Waals surface area contributed by atoms with E-state index in [0.717, 1.165) is 0 Å². The molecule has 1 saturated heterocycles. The fourth-order valence-corrected chi connectivity index (χ4v) is 3.00. The summed E-state index contributed by atoms with van der Waals surface area (Å²) in [6, 6.07) is 3.53. The van der Waals surface area contributed by atoms with E-state index in [4.69, 9.17) is 9.15 Å². The lowest BCUT2D eigenvalue weighted by molar-refractivity contribution is -0.142. The minimum Gasteiger partial charge on any atom is -0.467 e. The van der Waals surface area contributed by atoms with Crippen LogP contribution in [-0.2, 0) is 20.9 Å². The zero-order valence-corrected chi connectivity index (χ0v) is 12.2. The first-order valence-electron chi connectivity index (χ1n) is 7.45. The first-order chi connectivity index (χ1) is 10.7. The highest BCUT2D eigenvalue weighted by Crippen LogP contribution is 2.34. The molecule has 3 unspecified atom stereocenters. The summed E-state index contributed by atoms with van der Waals surface area (Å²) < 4.78 is 10.4. The molecule has 118 valence electrons. The number of aliphatic hydroxyl groups excluding tert-OH is 1. The van der Waals surface area contributed by atoms with Crippen LogP contribution in [0.25, 0.3) is 0 Å². The van der Waals surface area contributed by atoms with Gasteiger partial charge in [-0.05, 0) is 25.0 Å². The van der Waals surface area contributed by atoms with Gasteiger partial charge in [0.15, 0.2) is 0 Å². The number of hydrogen-bond acceptors (Lipinski definition) is 5. The Kier molecular flexibility index (Phi) is 4.40. The summed E-state index contributed by atoms with van der Waals surface area (Å²) in [6.07, 6.45) is 5.76. The third kappa shape index (κ3) is 2.98. The third-order valence-corrected chi connectivity index (χ3v) is 4.13. The molecule has 2 amide bonds. The maximum atomic E-state index is 12.3. The highest BCUT2D eigenvalue weighted by Gasteiger charge is 2.47. The molecular weight excluding hydrogens is 286 g/mol. The van der Waals surface area contributed by atoms with Crippen molar-refractivity contribution >= 4 is 11.8 Å². The number of imide groups is 1. The molecule has 3 rings (SSSR count). The van der Waals surface area contributed by atoms with Crippen LogP contribution in [0.1, 0.15) is 18.6 Å². The molecule has 1 N–H and O–H groups in total. The third-order valence-electron chi connectivity index (χ3n) is 4.13. The van der Waals surface area contributed by atoms with Gasteiger partial charge in [0.2, 0.25) is 11.8 Å². The van der Waals surface area contributed by atoms with E-state index in [2.05, 4.69) is 0 Å². The molecule has 2 aliphatic rings. The summed E-state index contributed by atoms with van der Waals surface area (Å²) in [5, 5.41) is 9.99. The van der Waals surface area contributed by atoms with Gasteiger partial charge in [-0.2, -0.15) is 0 Å². The maximum Gasteiger partial charge on any atom is 0.233 e. The van der Waals surface area contributed by atoms with Crippen LogP contribution in [-0.4, -0.2) is 41.1 Å². The number of carbonyl (C=O) groups is 2. The van der Waals surface area contributed by atoms with Gasteiger partial charge in [-0.1, -0.05) is 12.2 Å². The zero-order chi connectivity index (χ0) is 15.5. The lowest BCUT2D eigenvalue weighted by Gasteiger charge is -2.19. The lowest BCUT2D eigenvalue weighted by atomic mass is 9.85. The van der Waals surface area contributed by atoms with E-state index in [1.54, 1.807) is 18.4 Å². The minimum atomic E-state index is -0.893. The largest absolute Gasteiger partial charge is 0.467 e. The summed E-state index contributed by atoms with van der Waals surface area (Å²) >= 11 is 0. The van der Waals surface area contributed by atoms with E-state index in [1.807, 2.05) is 12.2 Å². The maximum absolute atomic E-state index is 12.3. The number of hydrogen-bond donors (Lipinski definition) is 1. The smallest absolute Gasteiger partial charge is 0.233 e. The highest BCUT2D eigenvalue weighted by atomic mass is 16.5. The molecule has 6 heteroatoms. The quantitative estimate of drug-likeness (QED) is 0.629. The summed E-state index contributed by atoms with van der Waals surface area (Å²) in [5.41, 5.74) is 0. The Bertz CT molecular complexity index is 539. The van der Waals surface area contributed by atoms with Crippen LogP contribution in [0.5, 0.6) is 0 Å². The van der Waals surface area contributed by atoms with E-state index < -0.39 is 6.10 Å². The summed E-state index contributed by atoms with van der Waals surface area (Å²) in [4.78, 5) is 25.7. The summed E-state index contributed by atoms with van der Waals surface area (Å²) in [6.45, 7) is 0.287. The number of amides is 2. The Labute approximate surface area is 128 Å². The second kappa shape index (κ2) is 6.46. The fraction of sp³-hybridized carbons (Fsp3) is 0.500. The van der Waals surface area contributed by atoms with Gasteiger partial charge in [0, 0.05) is 0 Å². The van der Waals surface area contributed by atoms with Crippen molar-refractivity contribution in [2.75, 3.05) is 13.2 Å². The number of likely N-dealkylation sites (tertiary alicyclic amines) is 1. The normalized spacial score (nSPS) is 25.6. The monoisotopic (exact) mass is 305 g/mol. The Morgan fingerprint density at radius 3 is 2.55 bits per heavy atom. The van der Waals surface area contributed by atoms with Crippen LogP contribution in [0.3, 0.4) is 0 Å². The van der Waals surface area contributed by atoms with Crippen molar-refractivity contribution in [2.45, 2.75) is 25.6 Å². The molecule has 1 aromatic rings. The van der Waals surface area contributed by atoms with E-state index in [1.165, 1.54) is 4.90 Å². The summed E-state index contributed by atoms with van der Waals surface area (Å²) in [7, 11) is 0. The second-order valence-corrected chi connectivity index (χ2v) is 5.69. The first kappa shape index (κ1) is 15.0. The number of ether oxygens (including phenoxy) is 1.